The monoisotopic (exact) mass is 234 g/mol. The fourth-order valence-electron chi connectivity index (χ4n) is 0.941. The molecule has 4 nitrogen and oxygen atoms in total. The molecule has 0 heterocycles. The molecular weight excluding hydrogens is 214 g/mol. The van der Waals surface area contributed by atoms with E-state index in [1.165, 1.54) is 4.42 Å². The van der Waals surface area contributed by atoms with Crippen molar-refractivity contribution in [2.75, 3.05) is 34.2 Å². The second kappa shape index (κ2) is 6.10. The minimum Gasteiger partial charge on any atom is -0.268 e. The highest BCUT2D eigenvalue weighted by atomic mass is 35.5. The van der Waals surface area contributed by atoms with E-state index in [0.29, 0.717) is 16.7 Å². The van der Waals surface area contributed by atoms with E-state index in [9.17, 15) is 4.79 Å². The maximum absolute atomic E-state index is 11.3. The van der Waals surface area contributed by atoms with Crippen molar-refractivity contribution in [3.63, 3.8) is 0 Å². The van der Waals surface area contributed by atoms with Crippen molar-refractivity contribution in [3.05, 3.63) is 12.2 Å². The van der Waals surface area contributed by atoms with Crippen LogP contribution in [0, 0.1) is 0 Å². The molecule has 1 amide bonds. The van der Waals surface area contributed by atoms with Gasteiger partial charge in [-0.05, 0) is 13.3 Å². The van der Waals surface area contributed by atoms with Gasteiger partial charge in [0, 0.05) is 30.4 Å². The van der Waals surface area contributed by atoms with E-state index in [-0.39, 0.29) is 5.91 Å². The first-order valence-electron chi connectivity index (χ1n) is 4.94. The molecule has 1 N–H and O–H groups in total. The predicted octanol–water partition coefficient (Wildman–Crippen LogP) is 1.15. The summed E-state index contributed by atoms with van der Waals surface area (Å²) in [5, 5.41) is 0. The normalized spacial score (nSPS) is 11.3. The lowest BCUT2D eigenvalue weighted by Gasteiger charge is -2.24. The molecule has 0 bridgehead atoms. The topological polar surface area (TPSA) is 32.3 Å². The van der Waals surface area contributed by atoms with Gasteiger partial charge in [0.1, 0.15) is 0 Å². The van der Waals surface area contributed by atoms with Gasteiger partial charge in [0.15, 0.2) is 0 Å². The Morgan fingerprint density at radius 1 is 1.47 bits per heavy atom. The van der Waals surface area contributed by atoms with E-state index in [1.807, 2.05) is 21.1 Å². The number of rotatable bonds is 6. The summed E-state index contributed by atoms with van der Waals surface area (Å²) < 4.78 is 1.87. The van der Waals surface area contributed by atoms with Crippen molar-refractivity contribution < 1.29 is 9.39 Å². The maximum Gasteiger partial charge on any atom is 0.263 e. The molecule has 0 atom stereocenters. The third-order valence-corrected chi connectivity index (χ3v) is 2.03. The number of halogens is 1. The summed E-state index contributed by atoms with van der Waals surface area (Å²) in [5.74, 6) is -0.207. The summed E-state index contributed by atoms with van der Waals surface area (Å²) in [4.78, 5) is 11.3. The smallest absolute Gasteiger partial charge is 0.263 e. The quantitative estimate of drug-likeness (QED) is 0.246. The molecule has 15 heavy (non-hydrogen) atoms. The van der Waals surface area contributed by atoms with Gasteiger partial charge in [-0.1, -0.05) is 6.58 Å². The summed E-state index contributed by atoms with van der Waals surface area (Å²) in [7, 11) is 6.12. The van der Waals surface area contributed by atoms with Gasteiger partial charge in [-0.15, -0.1) is 0 Å². The number of amides is 1. The Kier molecular flexibility index (Phi) is 5.87. The van der Waals surface area contributed by atoms with Gasteiger partial charge in [-0.3, -0.25) is 13.8 Å². The second-order valence-electron chi connectivity index (χ2n) is 4.45. The fraction of sp³-hybridized carbons (Fsp3) is 0.700. The number of hydrogen-bond acceptors (Lipinski definition) is 2. The van der Waals surface area contributed by atoms with Crippen LogP contribution >= 0.6 is 11.8 Å². The number of hydrogen-bond donors (Lipinski definition) is 1. The highest BCUT2D eigenvalue weighted by Gasteiger charge is 2.11. The highest BCUT2D eigenvalue weighted by Crippen LogP contribution is 2.03. The van der Waals surface area contributed by atoms with Gasteiger partial charge >= 0.3 is 0 Å². The molecule has 0 aliphatic carbocycles. The summed E-state index contributed by atoms with van der Waals surface area (Å²) >= 11 is 5.77. The van der Waals surface area contributed by atoms with Crippen LogP contribution in [0.1, 0.15) is 13.3 Å². The molecule has 0 rings (SSSR count). The van der Waals surface area contributed by atoms with Gasteiger partial charge in [0.05, 0.1) is 21.1 Å². The Morgan fingerprint density at radius 2 is 2.00 bits per heavy atom. The summed E-state index contributed by atoms with van der Waals surface area (Å²) in [6.45, 7) is 6.55. The predicted molar refractivity (Wildman–Crippen MR) is 63.0 cm³/mol. The molecule has 0 radical (unpaired) electrons. The van der Waals surface area contributed by atoms with Crippen LogP contribution in [0.4, 0.5) is 0 Å². The van der Waals surface area contributed by atoms with E-state index in [0.717, 1.165) is 13.0 Å². The third-order valence-electron chi connectivity index (χ3n) is 1.70. The zero-order valence-corrected chi connectivity index (χ0v) is 10.8. The van der Waals surface area contributed by atoms with Crippen molar-refractivity contribution in [1.82, 2.24) is 9.84 Å². The van der Waals surface area contributed by atoms with E-state index in [4.69, 9.17) is 11.8 Å². The van der Waals surface area contributed by atoms with Gasteiger partial charge in [-0.2, -0.15) is 5.43 Å². The van der Waals surface area contributed by atoms with Crippen LogP contribution < -0.4 is 5.43 Å². The maximum atomic E-state index is 11.3. The Morgan fingerprint density at radius 3 is 2.40 bits per heavy atom. The lowest BCUT2D eigenvalue weighted by atomic mass is 10.3. The van der Waals surface area contributed by atoms with E-state index in [2.05, 4.69) is 12.0 Å². The number of quaternary nitrogens is 1. The molecule has 0 aliphatic rings. The number of nitrogens with one attached hydrogen (secondary N) is 1. The first-order valence-corrected chi connectivity index (χ1v) is 5.27. The summed E-state index contributed by atoms with van der Waals surface area (Å²) in [6, 6.07) is 0. The molecule has 0 saturated heterocycles. The van der Waals surface area contributed by atoms with Crippen molar-refractivity contribution in [3.8, 4) is 0 Å². The van der Waals surface area contributed by atoms with Crippen molar-refractivity contribution in [2.24, 2.45) is 0 Å². The highest BCUT2D eigenvalue weighted by molar-refractivity contribution is 6.23. The van der Waals surface area contributed by atoms with Gasteiger partial charge in [0.25, 0.3) is 5.91 Å². The van der Waals surface area contributed by atoms with Crippen molar-refractivity contribution in [1.29, 1.82) is 0 Å². The molecule has 5 heteroatoms. The SMILES string of the molecule is C=C(C)C(=O)N(Cl)CCCN[N+](C)(C)C. The zero-order chi connectivity index (χ0) is 12.1. The average Bonchev–Trinajstić information content (AvgIpc) is 2.09. The molecule has 0 unspecified atom stereocenters. The Bertz CT molecular complexity index is 235. The molecule has 0 saturated carbocycles. The average molecular weight is 235 g/mol. The molecule has 88 valence electrons. The number of carbonyl (C=O) groups excluding carboxylic acids is 1. The minimum atomic E-state index is -0.207. The number of carbonyl (C=O) groups is 1. The van der Waals surface area contributed by atoms with Crippen molar-refractivity contribution in [2.45, 2.75) is 13.3 Å². The number of nitrogens with zero attached hydrogens (tertiary/aromatic N) is 2. The standard InChI is InChI=1S/C10H21ClN3O/c1-9(2)10(15)13(11)8-6-7-12-14(3,4)5/h12H,1,6-8H2,2-5H3/q+1. The fourth-order valence-corrected chi connectivity index (χ4v) is 1.20. The first kappa shape index (κ1) is 14.4. The Balaban J connectivity index is 3.69. The van der Waals surface area contributed by atoms with Crippen molar-refractivity contribution >= 4 is 17.7 Å². The Hall–Kier alpha value is -0.580. The van der Waals surface area contributed by atoms with E-state index < -0.39 is 0 Å². The molecule has 0 aliphatic heterocycles. The molecule has 0 aromatic heterocycles. The second-order valence-corrected chi connectivity index (χ2v) is 4.85. The molecule has 0 spiro atoms. The minimum absolute atomic E-state index is 0.207. The van der Waals surface area contributed by atoms with E-state index >= 15 is 0 Å². The van der Waals surface area contributed by atoms with Crippen LogP contribution in [-0.4, -0.2) is 49.2 Å². The van der Waals surface area contributed by atoms with E-state index in [1.54, 1.807) is 6.92 Å². The van der Waals surface area contributed by atoms with Gasteiger partial charge < -0.3 is 0 Å². The van der Waals surface area contributed by atoms with Crippen LogP contribution in [0.15, 0.2) is 12.2 Å². The molecule has 0 fully saturated rings. The zero-order valence-electron chi connectivity index (χ0n) is 10.0. The van der Waals surface area contributed by atoms with Crippen LogP contribution in [0.5, 0.6) is 0 Å². The van der Waals surface area contributed by atoms with Crippen LogP contribution in [0.3, 0.4) is 0 Å². The molecule has 0 aromatic carbocycles. The van der Waals surface area contributed by atoms with Crippen LogP contribution in [-0.2, 0) is 4.79 Å². The van der Waals surface area contributed by atoms with Gasteiger partial charge in [-0.25, -0.2) is 0 Å². The summed E-state index contributed by atoms with van der Waals surface area (Å²) in [5.41, 5.74) is 3.73. The summed E-state index contributed by atoms with van der Waals surface area (Å²) in [6.07, 6.45) is 0.817. The lowest BCUT2D eigenvalue weighted by molar-refractivity contribution is -0.915. The largest absolute Gasteiger partial charge is 0.268 e. The lowest BCUT2D eigenvalue weighted by Crippen LogP contribution is -2.48. The third kappa shape index (κ3) is 7.36. The van der Waals surface area contributed by atoms with Crippen LogP contribution in [0.2, 0.25) is 0 Å². The molecule has 0 aromatic rings. The molecular formula is C10H21ClN3O+. The van der Waals surface area contributed by atoms with Gasteiger partial charge in [0.2, 0.25) is 0 Å². The first-order chi connectivity index (χ1) is 6.74. The van der Waals surface area contributed by atoms with Crippen LogP contribution in [0.25, 0.3) is 0 Å². The Labute approximate surface area is 97.2 Å².